The normalized spacial score (nSPS) is 32.0. The van der Waals surface area contributed by atoms with Crippen LogP contribution in [0.1, 0.15) is 49.7 Å². The molecule has 224 valence electrons. The number of ether oxygens (including phenoxy) is 1. The van der Waals surface area contributed by atoms with Crippen LogP contribution in [0, 0.1) is 34.5 Å². The summed E-state index contributed by atoms with van der Waals surface area (Å²) in [5, 5.41) is 26.4. The second kappa shape index (κ2) is 10.9. The van der Waals surface area contributed by atoms with Crippen LogP contribution in [0.3, 0.4) is 0 Å². The Hall–Kier alpha value is -3.63. The van der Waals surface area contributed by atoms with Crippen molar-refractivity contribution in [3.8, 4) is 11.8 Å². The number of carbonyl (C=O) groups excluding carboxylic acids is 1. The number of aliphatic hydroxyl groups is 1. The molecule has 1 aromatic heterocycles. The molecule has 1 aliphatic heterocycles. The molecule has 13 heteroatoms. The molecule has 42 heavy (non-hydrogen) atoms. The number of nitriles is 1. The van der Waals surface area contributed by atoms with Gasteiger partial charge in [0.2, 0.25) is 11.9 Å². The molecule has 2 heterocycles. The SMILES string of the molecule is N#Cc1cnc(NCc2ccccc2OC(F)(F)F)nc1NCC12CC3C[C@H](C1)C(N1C[C@H](O)CC1C(N)=O)[C@@H](C3)C2. The molecule has 4 aliphatic carbocycles. The highest BCUT2D eigenvalue weighted by Gasteiger charge is 2.58. The predicted molar refractivity (Wildman–Crippen MR) is 146 cm³/mol. The van der Waals surface area contributed by atoms with E-state index in [0.717, 1.165) is 32.1 Å². The van der Waals surface area contributed by atoms with Gasteiger partial charge in [0.25, 0.3) is 0 Å². The van der Waals surface area contributed by atoms with Gasteiger partial charge in [-0.1, -0.05) is 18.2 Å². The summed E-state index contributed by atoms with van der Waals surface area (Å²) in [6.07, 6.45) is 1.68. The molecule has 1 aromatic carbocycles. The van der Waals surface area contributed by atoms with Crippen LogP contribution in [0.25, 0.3) is 0 Å². The Morgan fingerprint density at radius 3 is 2.62 bits per heavy atom. The number of para-hydroxylation sites is 1. The fourth-order valence-corrected chi connectivity index (χ4v) is 8.37. The monoisotopic (exact) mass is 585 g/mol. The van der Waals surface area contributed by atoms with Gasteiger partial charge in [-0.3, -0.25) is 9.69 Å². The average Bonchev–Trinajstić information content (AvgIpc) is 3.31. The Labute approximate surface area is 241 Å². The Balaban J connectivity index is 1.14. The summed E-state index contributed by atoms with van der Waals surface area (Å²) in [7, 11) is 0. The second-order valence-electron chi connectivity index (χ2n) is 12.4. The van der Waals surface area contributed by atoms with E-state index in [9.17, 15) is 28.3 Å². The highest BCUT2D eigenvalue weighted by atomic mass is 19.4. The van der Waals surface area contributed by atoms with E-state index in [2.05, 4.69) is 36.3 Å². The van der Waals surface area contributed by atoms with Gasteiger partial charge in [0, 0.05) is 31.2 Å². The van der Waals surface area contributed by atoms with Gasteiger partial charge in [-0.15, -0.1) is 13.2 Å². The number of β-amino-alcohol motifs (C(OH)–C–C–N with tert-alkyl or cyclic N) is 1. The lowest BCUT2D eigenvalue weighted by Crippen LogP contribution is -2.62. The van der Waals surface area contributed by atoms with Crippen molar-refractivity contribution >= 4 is 17.7 Å². The first-order valence-corrected chi connectivity index (χ1v) is 14.3. The molecule has 0 spiro atoms. The number of aromatic nitrogens is 2. The molecule has 4 saturated carbocycles. The van der Waals surface area contributed by atoms with Crippen molar-refractivity contribution in [2.45, 2.75) is 69.6 Å². The quantitative estimate of drug-likeness (QED) is 0.347. The van der Waals surface area contributed by atoms with Gasteiger partial charge in [0.15, 0.2) is 0 Å². The number of nitrogens with two attached hydrogens (primary N) is 1. The van der Waals surface area contributed by atoms with Gasteiger partial charge in [-0.05, 0) is 67.8 Å². The van der Waals surface area contributed by atoms with Crippen molar-refractivity contribution in [2.75, 3.05) is 23.7 Å². The van der Waals surface area contributed by atoms with E-state index < -0.39 is 18.5 Å². The van der Waals surface area contributed by atoms with Crippen LogP contribution in [0.15, 0.2) is 30.5 Å². The van der Waals surface area contributed by atoms with Crippen molar-refractivity contribution in [3.63, 3.8) is 0 Å². The van der Waals surface area contributed by atoms with E-state index in [0.29, 0.717) is 43.1 Å². The van der Waals surface area contributed by atoms with E-state index >= 15 is 0 Å². The number of carbonyl (C=O) groups is 1. The highest BCUT2D eigenvalue weighted by molar-refractivity contribution is 5.80. The molecule has 1 amide bonds. The van der Waals surface area contributed by atoms with E-state index in [-0.39, 0.29) is 46.7 Å². The predicted octanol–water partition coefficient (Wildman–Crippen LogP) is 3.39. The minimum Gasteiger partial charge on any atom is -0.405 e. The largest absolute Gasteiger partial charge is 0.573 e. The topological polar surface area (TPSA) is 149 Å². The minimum absolute atomic E-state index is 0.00848. The molecular formula is C29H34F3N7O3. The summed E-state index contributed by atoms with van der Waals surface area (Å²) < 4.78 is 42.5. The Kier molecular flexibility index (Phi) is 7.39. The molecule has 2 aromatic rings. The molecule has 1 saturated heterocycles. The molecule has 5 fully saturated rings. The molecule has 7 rings (SSSR count). The zero-order valence-electron chi connectivity index (χ0n) is 23.0. The second-order valence-corrected chi connectivity index (χ2v) is 12.4. The highest BCUT2D eigenvalue weighted by Crippen LogP contribution is 2.61. The molecule has 5 aliphatic rings. The first kappa shape index (κ1) is 28.5. The van der Waals surface area contributed by atoms with Crippen LogP contribution in [0.5, 0.6) is 5.75 Å². The molecule has 0 radical (unpaired) electrons. The fraction of sp³-hybridized carbons (Fsp3) is 0.586. The molecule has 10 nitrogen and oxygen atoms in total. The summed E-state index contributed by atoms with van der Waals surface area (Å²) in [6, 6.07) is 7.77. The van der Waals surface area contributed by atoms with Crippen molar-refractivity contribution in [1.29, 1.82) is 5.26 Å². The van der Waals surface area contributed by atoms with Crippen molar-refractivity contribution in [2.24, 2.45) is 28.9 Å². The number of rotatable bonds is 9. The van der Waals surface area contributed by atoms with Crippen molar-refractivity contribution in [1.82, 2.24) is 14.9 Å². The maximum atomic E-state index is 12.8. The first-order chi connectivity index (χ1) is 20.0. The van der Waals surface area contributed by atoms with Gasteiger partial charge in [-0.2, -0.15) is 10.2 Å². The Bertz CT molecular complexity index is 1370. The lowest BCUT2D eigenvalue weighted by atomic mass is 9.47. The van der Waals surface area contributed by atoms with Crippen LogP contribution in [-0.4, -0.2) is 63.5 Å². The van der Waals surface area contributed by atoms with Crippen molar-refractivity contribution < 1.29 is 27.8 Å². The number of alkyl halides is 3. The summed E-state index contributed by atoms with van der Waals surface area (Å²) >= 11 is 0. The number of anilines is 2. The van der Waals surface area contributed by atoms with Crippen LogP contribution in [-0.2, 0) is 11.3 Å². The van der Waals surface area contributed by atoms with E-state index in [1.165, 1.54) is 24.4 Å². The summed E-state index contributed by atoms with van der Waals surface area (Å²) in [5.74, 6) is 1.27. The number of hydrogen-bond donors (Lipinski definition) is 4. The third kappa shape index (κ3) is 5.70. The third-order valence-corrected chi connectivity index (χ3v) is 9.55. The van der Waals surface area contributed by atoms with Gasteiger partial charge in [-0.25, -0.2) is 4.98 Å². The lowest BCUT2D eigenvalue weighted by Gasteiger charge is -2.62. The number of nitrogens with zero attached hydrogens (tertiary/aromatic N) is 4. The number of nitrogens with one attached hydrogen (secondary N) is 2. The van der Waals surface area contributed by atoms with Gasteiger partial charge in [0.05, 0.1) is 18.3 Å². The number of likely N-dealkylation sites (tertiary alicyclic amines) is 1. The molecule has 4 unspecified atom stereocenters. The smallest absolute Gasteiger partial charge is 0.405 e. The van der Waals surface area contributed by atoms with E-state index in [1.807, 2.05) is 0 Å². The Morgan fingerprint density at radius 1 is 1.19 bits per heavy atom. The van der Waals surface area contributed by atoms with Crippen LogP contribution in [0.2, 0.25) is 0 Å². The maximum Gasteiger partial charge on any atom is 0.573 e. The van der Waals surface area contributed by atoms with Crippen LogP contribution in [0.4, 0.5) is 24.9 Å². The van der Waals surface area contributed by atoms with Gasteiger partial charge in [0.1, 0.15) is 23.2 Å². The lowest BCUT2D eigenvalue weighted by molar-refractivity contribution is -0.274. The Morgan fingerprint density at radius 2 is 1.93 bits per heavy atom. The number of hydrogen-bond acceptors (Lipinski definition) is 9. The number of amides is 1. The van der Waals surface area contributed by atoms with Gasteiger partial charge >= 0.3 is 6.36 Å². The molecule has 5 N–H and O–H groups in total. The molecule has 4 bridgehead atoms. The fourth-order valence-electron chi connectivity index (χ4n) is 8.37. The molecule has 7 atom stereocenters. The number of primary amides is 1. The van der Waals surface area contributed by atoms with E-state index in [4.69, 9.17) is 5.73 Å². The zero-order valence-corrected chi connectivity index (χ0v) is 23.0. The minimum atomic E-state index is -4.81. The average molecular weight is 586 g/mol. The van der Waals surface area contributed by atoms with E-state index in [1.54, 1.807) is 6.07 Å². The zero-order chi connectivity index (χ0) is 29.6. The summed E-state index contributed by atoms with van der Waals surface area (Å²) in [4.78, 5) is 23.0. The molecular weight excluding hydrogens is 551 g/mol. The van der Waals surface area contributed by atoms with Crippen LogP contribution < -0.4 is 21.1 Å². The van der Waals surface area contributed by atoms with Crippen LogP contribution >= 0.6 is 0 Å². The van der Waals surface area contributed by atoms with Crippen molar-refractivity contribution in [3.05, 3.63) is 41.6 Å². The summed E-state index contributed by atoms with van der Waals surface area (Å²) in [6.45, 7) is 1.10. The maximum absolute atomic E-state index is 12.8. The third-order valence-electron chi connectivity index (χ3n) is 9.55. The standard InChI is InChI=1S/C29H34F3N7O3/c30-29(31,32)42-23-4-2-1-3-17(23)12-35-27-36-13-20(11-33)26(38-27)37-15-28-8-16-5-18(9-28)24(19(6-16)10-28)39-14-21(40)7-22(39)25(34)41/h1-4,13,16,18-19,21-22,24,40H,5-10,12,14-15H2,(H2,34,41)(H2,35,36,37,38)/t16?,18-,19+,21-,22?,24?,28?/m1/s1. The first-order valence-electron chi connectivity index (χ1n) is 14.3. The number of benzene rings is 1. The number of halogens is 3. The summed E-state index contributed by atoms with van der Waals surface area (Å²) in [5.41, 5.74) is 6.29. The van der Waals surface area contributed by atoms with Gasteiger partial charge < -0.3 is 26.2 Å². The number of aliphatic hydroxyl groups excluding tert-OH is 1.